The van der Waals surface area contributed by atoms with Crippen LogP contribution in [0, 0.1) is 0 Å². The maximum absolute atomic E-state index is 12.4. The van der Waals surface area contributed by atoms with Gasteiger partial charge in [0, 0.05) is 18.0 Å². The van der Waals surface area contributed by atoms with Gasteiger partial charge in [-0.05, 0) is 41.1 Å². The highest BCUT2D eigenvalue weighted by molar-refractivity contribution is 7.99. The van der Waals surface area contributed by atoms with Crippen molar-refractivity contribution in [3.8, 4) is 11.5 Å². The first-order valence-electron chi connectivity index (χ1n) is 10.8. The van der Waals surface area contributed by atoms with Crippen LogP contribution in [-0.2, 0) is 30.9 Å². The van der Waals surface area contributed by atoms with Crippen molar-refractivity contribution in [1.82, 2.24) is 20.1 Å². The molecule has 9 heteroatoms. The summed E-state index contributed by atoms with van der Waals surface area (Å²) in [6.45, 7) is 1.65. The van der Waals surface area contributed by atoms with E-state index in [4.69, 9.17) is 9.47 Å². The first-order valence-corrected chi connectivity index (χ1v) is 12.7. The smallest absolute Gasteiger partial charge is 0.230 e. The number of thiophene rings is 1. The van der Waals surface area contributed by atoms with Gasteiger partial charge in [-0.1, -0.05) is 54.2 Å². The lowest BCUT2D eigenvalue weighted by molar-refractivity contribution is -0.118. The van der Waals surface area contributed by atoms with Crippen LogP contribution in [0.25, 0.3) is 0 Å². The fraction of sp³-hybridized carbons (Fsp3) is 0.240. The van der Waals surface area contributed by atoms with E-state index in [-0.39, 0.29) is 11.7 Å². The molecule has 0 atom stereocenters. The molecule has 0 aliphatic rings. The second-order valence-corrected chi connectivity index (χ2v) is 9.44. The van der Waals surface area contributed by atoms with Crippen molar-refractivity contribution in [2.24, 2.45) is 0 Å². The topological polar surface area (TPSA) is 78.3 Å². The van der Waals surface area contributed by atoms with E-state index in [1.807, 2.05) is 59.2 Å². The minimum absolute atomic E-state index is 0.0684. The number of amides is 1. The van der Waals surface area contributed by atoms with Crippen LogP contribution >= 0.6 is 23.1 Å². The molecule has 2 aromatic heterocycles. The van der Waals surface area contributed by atoms with E-state index in [0.717, 1.165) is 29.2 Å². The van der Waals surface area contributed by atoms with Gasteiger partial charge in [0.2, 0.25) is 5.91 Å². The molecule has 0 aliphatic heterocycles. The van der Waals surface area contributed by atoms with Gasteiger partial charge in [0.25, 0.3) is 0 Å². The molecule has 2 aromatic carbocycles. The number of nitrogens with one attached hydrogen (secondary N) is 1. The number of thioether (sulfide) groups is 1. The van der Waals surface area contributed by atoms with Crippen LogP contribution in [0.3, 0.4) is 0 Å². The Morgan fingerprint density at radius 2 is 1.97 bits per heavy atom. The van der Waals surface area contributed by atoms with Gasteiger partial charge in [-0.2, -0.15) is 0 Å². The maximum atomic E-state index is 12.4. The third kappa shape index (κ3) is 6.85. The van der Waals surface area contributed by atoms with E-state index in [1.54, 1.807) is 24.8 Å². The quantitative estimate of drug-likeness (QED) is 0.291. The summed E-state index contributed by atoms with van der Waals surface area (Å²) in [7, 11) is 1.61. The molecule has 0 spiro atoms. The second-order valence-electron chi connectivity index (χ2n) is 7.46. The average Bonchev–Trinajstić information content (AvgIpc) is 3.56. The van der Waals surface area contributed by atoms with Gasteiger partial charge in [0.15, 0.2) is 16.7 Å². The Balaban J connectivity index is 1.24. The molecule has 0 unspecified atom stereocenters. The standard InChI is InChI=1S/C25H26N4O3S2/c1-31-23-14-20(9-10-22(23)32-16-19-6-3-2-4-7-19)15-26-24(30)17-34-25-28-27-18-29(25)12-11-21-8-5-13-33-21/h2-10,13-14,18H,11-12,15-17H2,1H3,(H,26,30). The number of hydrogen-bond acceptors (Lipinski definition) is 7. The lowest BCUT2D eigenvalue weighted by Crippen LogP contribution is -2.24. The minimum Gasteiger partial charge on any atom is -0.493 e. The van der Waals surface area contributed by atoms with E-state index in [0.29, 0.717) is 24.7 Å². The molecule has 1 N–H and O–H groups in total. The van der Waals surface area contributed by atoms with Crippen molar-refractivity contribution in [3.05, 3.63) is 88.4 Å². The second kappa shape index (κ2) is 12.2. The molecule has 0 saturated heterocycles. The Bertz CT molecular complexity index is 1180. The van der Waals surface area contributed by atoms with Crippen LogP contribution in [0.1, 0.15) is 16.0 Å². The van der Waals surface area contributed by atoms with E-state index < -0.39 is 0 Å². The highest BCUT2D eigenvalue weighted by Gasteiger charge is 2.11. The zero-order chi connectivity index (χ0) is 23.6. The number of aromatic nitrogens is 3. The summed E-state index contributed by atoms with van der Waals surface area (Å²) in [6, 6.07) is 19.8. The van der Waals surface area contributed by atoms with Crippen molar-refractivity contribution in [1.29, 1.82) is 0 Å². The number of hydrogen-bond donors (Lipinski definition) is 1. The lowest BCUT2D eigenvalue weighted by Gasteiger charge is -2.13. The number of rotatable bonds is 12. The van der Waals surface area contributed by atoms with Gasteiger partial charge in [-0.25, -0.2) is 0 Å². The summed E-state index contributed by atoms with van der Waals surface area (Å²) in [6.07, 6.45) is 2.63. The summed E-state index contributed by atoms with van der Waals surface area (Å²) < 4.78 is 13.4. The third-order valence-corrected chi connectivity index (χ3v) is 6.96. The third-order valence-electron chi connectivity index (χ3n) is 5.05. The molecule has 1 amide bonds. The maximum Gasteiger partial charge on any atom is 0.230 e. The molecule has 0 fully saturated rings. The van der Waals surface area contributed by atoms with Crippen LogP contribution < -0.4 is 14.8 Å². The summed E-state index contributed by atoms with van der Waals surface area (Å²) in [5.41, 5.74) is 2.02. The monoisotopic (exact) mass is 494 g/mol. The SMILES string of the molecule is COc1cc(CNC(=O)CSc2nncn2CCc2cccs2)ccc1OCc1ccccc1. The van der Waals surface area contributed by atoms with E-state index in [9.17, 15) is 4.79 Å². The fourth-order valence-corrected chi connectivity index (χ4v) is 4.72. The zero-order valence-electron chi connectivity index (χ0n) is 18.8. The van der Waals surface area contributed by atoms with Crippen molar-refractivity contribution in [3.63, 3.8) is 0 Å². The first kappa shape index (κ1) is 23.8. The van der Waals surface area contributed by atoms with Crippen LogP contribution in [0.4, 0.5) is 0 Å². The molecular formula is C25H26N4O3S2. The normalized spacial score (nSPS) is 10.7. The molecule has 7 nitrogen and oxygen atoms in total. The van der Waals surface area contributed by atoms with Gasteiger partial charge < -0.3 is 19.4 Å². The molecule has 0 bridgehead atoms. The predicted molar refractivity (Wildman–Crippen MR) is 134 cm³/mol. The van der Waals surface area contributed by atoms with Crippen molar-refractivity contribution in [2.75, 3.05) is 12.9 Å². The van der Waals surface area contributed by atoms with Gasteiger partial charge in [-0.3, -0.25) is 4.79 Å². The summed E-state index contributed by atoms with van der Waals surface area (Å²) in [4.78, 5) is 13.7. The summed E-state index contributed by atoms with van der Waals surface area (Å²) >= 11 is 3.12. The van der Waals surface area contributed by atoms with E-state index in [1.165, 1.54) is 16.6 Å². The number of carbonyl (C=O) groups is 1. The number of aryl methyl sites for hydroxylation is 2. The van der Waals surface area contributed by atoms with Crippen molar-refractivity contribution < 1.29 is 14.3 Å². The van der Waals surface area contributed by atoms with Gasteiger partial charge in [-0.15, -0.1) is 21.5 Å². The number of carbonyl (C=O) groups excluding carboxylic acids is 1. The Morgan fingerprint density at radius 1 is 1.09 bits per heavy atom. The molecule has 4 rings (SSSR count). The number of benzene rings is 2. The van der Waals surface area contributed by atoms with Gasteiger partial charge in [0.1, 0.15) is 12.9 Å². The van der Waals surface area contributed by atoms with E-state index in [2.05, 4.69) is 27.0 Å². The first-order chi connectivity index (χ1) is 16.7. The molecule has 4 aromatic rings. The Hall–Kier alpha value is -3.30. The lowest BCUT2D eigenvalue weighted by atomic mass is 10.2. The summed E-state index contributed by atoms with van der Waals surface area (Å²) in [5.74, 6) is 1.50. The van der Waals surface area contributed by atoms with Crippen LogP contribution in [0.5, 0.6) is 11.5 Å². The van der Waals surface area contributed by atoms with Crippen molar-refractivity contribution >= 4 is 29.0 Å². The van der Waals surface area contributed by atoms with Crippen molar-refractivity contribution in [2.45, 2.75) is 31.3 Å². The van der Waals surface area contributed by atoms with Crippen LogP contribution in [-0.4, -0.2) is 33.5 Å². The molecule has 0 saturated carbocycles. The largest absolute Gasteiger partial charge is 0.493 e. The molecular weight excluding hydrogens is 468 g/mol. The van der Waals surface area contributed by atoms with Gasteiger partial charge in [0.05, 0.1) is 12.9 Å². The Kier molecular flexibility index (Phi) is 8.59. The number of ether oxygens (including phenoxy) is 2. The Morgan fingerprint density at radius 3 is 2.76 bits per heavy atom. The van der Waals surface area contributed by atoms with Crippen LogP contribution in [0.15, 0.2) is 77.5 Å². The van der Waals surface area contributed by atoms with E-state index >= 15 is 0 Å². The number of methoxy groups -OCH3 is 1. The highest BCUT2D eigenvalue weighted by atomic mass is 32.2. The predicted octanol–water partition coefficient (Wildman–Crippen LogP) is 4.58. The highest BCUT2D eigenvalue weighted by Crippen LogP contribution is 2.29. The minimum atomic E-state index is -0.0684. The number of nitrogens with zero attached hydrogens (tertiary/aromatic N) is 3. The molecule has 0 radical (unpaired) electrons. The average molecular weight is 495 g/mol. The molecule has 176 valence electrons. The molecule has 34 heavy (non-hydrogen) atoms. The summed E-state index contributed by atoms with van der Waals surface area (Å²) in [5, 5.41) is 13.9. The molecule has 0 aliphatic carbocycles. The zero-order valence-corrected chi connectivity index (χ0v) is 20.5. The van der Waals surface area contributed by atoms with Gasteiger partial charge >= 0.3 is 0 Å². The Labute approximate surface area is 207 Å². The fourth-order valence-electron chi connectivity index (χ4n) is 3.25. The molecule has 2 heterocycles. The van der Waals surface area contributed by atoms with Crippen LogP contribution in [0.2, 0.25) is 0 Å².